The number of nitriles is 1. The van der Waals surface area contributed by atoms with E-state index in [1.165, 1.54) is 0 Å². The van der Waals surface area contributed by atoms with Crippen LogP contribution in [-0.4, -0.2) is 44.6 Å². The lowest BCUT2D eigenvalue weighted by molar-refractivity contribution is 0.208. The number of aliphatic hydroxyl groups excluding tert-OH is 1. The van der Waals surface area contributed by atoms with Gasteiger partial charge in [-0.2, -0.15) is 10.4 Å². The molecule has 0 unspecified atom stereocenters. The summed E-state index contributed by atoms with van der Waals surface area (Å²) in [6, 6.07) is 19.6. The third kappa shape index (κ3) is 5.22. The molecule has 0 aliphatic rings. The fraction of sp³-hybridized carbons (Fsp3) is 0.231. The van der Waals surface area contributed by atoms with Gasteiger partial charge >= 0.3 is 0 Å². The molecule has 2 aromatic heterocycles. The quantitative estimate of drug-likeness (QED) is 0.408. The van der Waals surface area contributed by atoms with Crippen LogP contribution in [0.1, 0.15) is 12.5 Å². The fourth-order valence-electron chi connectivity index (χ4n) is 3.62. The Balaban J connectivity index is 1.90. The molecule has 1 atom stereocenters. The Kier molecular flexibility index (Phi) is 6.85. The van der Waals surface area contributed by atoms with Gasteiger partial charge < -0.3 is 15.2 Å². The summed E-state index contributed by atoms with van der Waals surface area (Å²) in [5, 5.41) is 26.9. The zero-order valence-electron chi connectivity index (χ0n) is 19.4. The van der Waals surface area contributed by atoms with E-state index in [0.717, 1.165) is 28.0 Å². The molecule has 0 bridgehead atoms. The number of nitrogens with one attached hydrogen (secondary N) is 1. The van der Waals surface area contributed by atoms with Gasteiger partial charge in [-0.15, -0.1) is 0 Å². The lowest BCUT2D eigenvalue weighted by Crippen LogP contribution is -2.16. The minimum absolute atomic E-state index is 0.111. The molecule has 0 saturated carbocycles. The van der Waals surface area contributed by atoms with Gasteiger partial charge in [-0.3, -0.25) is 4.68 Å². The molecule has 8 heteroatoms. The van der Waals surface area contributed by atoms with Crippen LogP contribution in [-0.2, 0) is 6.54 Å². The van der Waals surface area contributed by atoms with Crippen molar-refractivity contribution < 1.29 is 9.84 Å². The standard InChI is InChI=1S/C26H26N6O2/c1-17-11-20(13-21(12-17)34-3)25-22(16-32(31-25)10-9-27)23-14-24(28-15-18(2)33)30-26(29-23)19-7-5-4-6-8-19/h4-8,11-14,16,18,33H,10,15H2,1-3H3,(H,28,29,30)/t18-/m0/s1. The van der Waals surface area contributed by atoms with Crippen molar-refractivity contribution in [3.05, 3.63) is 66.4 Å². The smallest absolute Gasteiger partial charge is 0.162 e. The van der Waals surface area contributed by atoms with Gasteiger partial charge in [-0.1, -0.05) is 30.3 Å². The molecular formula is C26H26N6O2. The molecule has 2 N–H and O–H groups in total. The van der Waals surface area contributed by atoms with Gasteiger partial charge in [0.1, 0.15) is 23.8 Å². The summed E-state index contributed by atoms with van der Waals surface area (Å²) in [4.78, 5) is 9.50. The Morgan fingerprint density at radius 1 is 1.12 bits per heavy atom. The summed E-state index contributed by atoms with van der Waals surface area (Å²) >= 11 is 0. The first-order valence-corrected chi connectivity index (χ1v) is 10.9. The van der Waals surface area contributed by atoms with Crippen molar-refractivity contribution in [3.63, 3.8) is 0 Å². The third-order valence-corrected chi connectivity index (χ3v) is 5.17. The molecular weight excluding hydrogens is 428 g/mol. The number of aryl methyl sites for hydroxylation is 1. The summed E-state index contributed by atoms with van der Waals surface area (Å²) < 4.78 is 7.07. The molecule has 0 aliphatic carbocycles. The van der Waals surface area contributed by atoms with Crippen molar-refractivity contribution in [1.29, 1.82) is 5.26 Å². The third-order valence-electron chi connectivity index (χ3n) is 5.17. The molecule has 4 aromatic rings. The monoisotopic (exact) mass is 454 g/mol. The largest absolute Gasteiger partial charge is 0.497 e. The van der Waals surface area contributed by atoms with Crippen LogP contribution in [0.2, 0.25) is 0 Å². The summed E-state index contributed by atoms with van der Waals surface area (Å²) in [5.41, 5.74) is 4.87. The van der Waals surface area contributed by atoms with Gasteiger partial charge in [0.05, 0.1) is 25.0 Å². The van der Waals surface area contributed by atoms with Crippen LogP contribution in [0.15, 0.2) is 60.8 Å². The number of aromatic nitrogens is 4. The fourth-order valence-corrected chi connectivity index (χ4v) is 3.62. The van der Waals surface area contributed by atoms with E-state index < -0.39 is 6.10 Å². The number of aliphatic hydroxyl groups is 1. The maximum Gasteiger partial charge on any atom is 0.162 e. The van der Waals surface area contributed by atoms with Crippen LogP contribution in [0.25, 0.3) is 33.9 Å². The first kappa shape index (κ1) is 23.0. The molecule has 0 fully saturated rings. The highest BCUT2D eigenvalue weighted by Crippen LogP contribution is 2.34. The molecule has 2 aromatic carbocycles. The van der Waals surface area contributed by atoms with Gasteiger partial charge in [0.15, 0.2) is 5.82 Å². The average Bonchev–Trinajstić information content (AvgIpc) is 3.27. The van der Waals surface area contributed by atoms with Crippen molar-refractivity contribution >= 4 is 5.82 Å². The molecule has 172 valence electrons. The molecule has 34 heavy (non-hydrogen) atoms. The van der Waals surface area contributed by atoms with Gasteiger partial charge in [-0.25, -0.2) is 9.97 Å². The normalized spacial score (nSPS) is 11.6. The summed E-state index contributed by atoms with van der Waals surface area (Å²) in [7, 11) is 1.63. The summed E-state index contributed by atoms with van der Waals surface area (Å²) in [5.74, 6) is 1.86. The van der Waals surface area contributed by atoms with Crippen LogP contribution in [0.5, 0.6) is 5.75 Å². The molecule has 4 rings (SSSR count). The van der Waals surface area contributed by atoms with E-state index in [1.807, 2.05) is 67.7 Å². The maximum absolute atomic E-state index is 9.76. The molecule has 0 amide bonds. The van der Waals surface area contributed by atoms with Gasteiger partial charge in [-0.05, 0) is 37.6 Å². The number of anilines is 1. The second-order valence-corrected chi connectivity index (χ2v) is 8.04. The Bertz CT molecular complexity index is 1330. The number of rotatable bonds is 8. The number of hydrogen-bond donors (Lipinski definition) is 2. The SMILES string of the molecule is COc1cc(C)cc(-c2nn(CC#N)cc2-c2cc(NC[C@H](C)O)nc(-c3ccccc3)n2)c1. The number of nitrogens with zero attached hydrogens (tertiary/aromatic N) is 5. The highest BCUT2D eigenvalue weighted by Gasteiger charge is 2.18. The van der Waals surface area contributed by atoms with E-state index in [0.29, 0.717) is 29.6 Å². The van der Waals surface area contributed by atoms with E-state index in [9.17, 15) is 10.4 Å². The number of benzene rings is 2. The van der Waals surface area contributed by atoms with Gasteiger partial charge in [0, 0.05) is 35.5 Å². The molecule has 8 nitrogen and oxygen atoms in total. The van der Waals surface area contributed by atoms with E-state index in [1.54, 1.807) is 18.7 Å². The Labute approximate surface area is 198 Å². The van der Waals surface area contributed by atoms with Crippen LogP contribution >= 0.6 is 0 Å². The second kappa shape index (κ2) is 10.1. The summed E-state index contributed by atoms with van der Waals surface area (Å²) in [6.45, 7) is 4.16. The van der Waals surface area contributed by atoms with E-state index in [4.69, 9.17) is 9.72 Å². The van der Waals surface area contributed by atoms with E-state index in [-0.39, 0.29) is 6.54 Å². The zero-order valence-corrected chi connectivity index (χ0v) is 19.4. The summed E-state index contributed by atoms with van der Waals surface area (Å²) in [6.07, 6.45) is 1.29. The van der Waals surface area contributed by atoms with Crippen LogP contribution < -0.4 is 10.1 Å². The van der Waals surface area contributed by atoms with Gasteiger partial charge in [0.25, 0.3) is 0 Å². The van der Waals surface area contributed by atoms with Crippen LogP contribution in [0.3, 0.4) is 0 Å². The zero-order chi connectivity index (χ0) is 24.1. The molecule has 0 aliphatic heterocycles. The highest BCUT2D eigenvalue weighted by atomic mass is 16.5. The number of ether oxygens (including phenoxy) is 1. The van der Waals surface area contributed by atoms with Crippen LogP contribution in [0.4, 0.5) is 5.82 Å². The lowest BCUT2D eigenvalue weighted by Gasteiger charge is -2.12. The Morgan fingerprint density at radius 3 is 2.62 bits per heavy atom. The van der Waals surface area contributed by atoms with Crippen molar-refractivity contribution in [2.24, 2.45) is 0 Å². The van der Waals surface area contributed by atoms with E-state index >= 15 is 0 Å². The number of methoxy groups -OCH3 is 1. The minimum Gasteiger partial charge on any atom is -0.497 e. The topological polar surface area (TPSA) is 109 Å². The average molecular weight is 455 g/mol. The maximum atomic E-state index is 9.76. The van der Waals surface area contributed by atoms with Gasteiger partial charge in [0.2, 0.25) is 0 Å². The van der Waals surface area contributed by atoms with Crippen LogP contribution in [0, 0.1) is 18.3 Å². The van der Waals surface area contributed by atoms with Crippen molar-refractivity contribution in [2.45, 2.75) is 26.5 Å². The number of hydrogen-bond acceptors (Lipinski definition) is 7. The lowest BCUT2D eigenvalue weighted by atomic mass is 10.0. The predicted octanol–water partition coefficient (Wildman–Crippen LogP) is 4.31. The first-order valence-electron chi connectivity index (χ1n) is 10.9. The van der Waals surface area contributed by atoms with Crippen molar-refractivity contribution in [2.75, 3.05) is 19.0 Å². The molecule has 2 heterocycles. The minimum atomic E-state index is -0.535. The van der Waals surface area contributed by atoms with Crippen molar-refractivity contribution in [1.82, 2.24) is 19.7 Å². The Hall–Kier alpha value is -4.22. The van der Waals surface area contributed by atoms with Crippen molar-refractivity contribution in [3.8, 4) is 45.7 Å². The van der Waals surface area contributed by atoms with E-state index in [2.05, 4.69) is 21.5 Å². The predicted molar refractivity (Wildman–Crippen MR) is 131 cm³/mol. The second-order valence-electron chi connectivity index (χ2n) is 8.04. The first-order chi connectivity index (χ1) is 16.5. The highest BCUT2D eigenvalue weighted by molar-refractivity contribution is 5.81. The Morgan fingerprint density at radius 2 is 1.91 bits per heavy atom. The molecule has 0 saturated heterocycles. The molecule has 0 spiro atoms. The molecule has 0 radical (unpaired) electrons.